The molecule has 2 heterocycles. The molecule has 1 aliphatic heterocycles. The zero-order valence-corrected chi connectivity index (χ0v) is 17.5. The highest BCUT2D eigenvalue weighted by molar-refractivity contribution is 5.55. The van der Waals surface area contributed by atoms with Crippen LogP contribution in [0, 0.1) is 6.92 Å². The van der Waals surface area contributed by atoms with Crippen LogP contribution in [0.15, 0.2) is 18.3 Å². The predicted octanol–water partition coefficient (Wildman–Crippen LogP) is 2.94. The Morgan fingerprint density at radius 1 is 1.14 bits per heavy atom. The summed E-state index contributed by atoms with van der Waals surface area (Å²) < 4.78 is 24.7. The minimum atomic E-state index is 0.264. The van der Waals surface area contributed by atoms with Crippen LogP contribution in [0.5, 0.6) is 17.2 Å². The highest BCUT2D eigenvalue weighted by Crippen LogP contribution is 2.40. The number of nitrogens with zero attached hydrogens (tertiary/aromatic N) is 3. The molecule has 0 N–H and O–H groups in total. The Kier molecular flexibility index (Phi) is 6.80. The first-order chi connectivity index (χ1) is 13.6. The maximum absolute atomic E-state index is 5.89. The number of hydrogen-bond donors (Lipinski definition) is 0. The summed E-state index contributed by atoms with van der Waals surface area (Å²) in [6, 6.07) is 3.96. The lowest BCUT2D eigenvalue weighted by molar-refractivity contribution is 0.0668. The van der Waals surface area contributed by atoms with E-state index >= 15 is 0 Å². The van der Waals surface area contributed by atoms with Crippen molar-refractivity contribution in [1.29, 1.82) is 0 Å². The Morgan fingerprint density at radius 3 is 2.50 bits per heavy atom. The molecule has 1 atom stereocenters. The second-order valence-corrected chi connectivity index (χ2v) is 7.15. The molecule has 3 rings (SSSR count). The third kappa shape index (κ3) is 4.42. The molecule has 1 unspecified atom stereocenters. The summed E-state index contributed by atoms with van der Waals surface area (Å²) in [5, 5.41) is 0. The molecule has 7 nitrogen and oxygen atoms in total. The van der Waals surface area contributed by atoms with Crippen molar-refractivity contribution in [2.75, 3.05) is 34.5 Å². The first-order valence-electron chi connectivity index (χ1n) is 9.66. The molecule has 0 bridgehead atoms. The van der Waals surface area contributed by atoms with E-state index in [1.807, 2.05) is 25.3 Å². The van der Waals surface area contributed by atoms with Crippen molar-refractivity contribution in [3.05, 3.63) is 35.4 Å². The van der Waals surface area contributed by atoms with Gasteiger partial charge in [0.1, 0.15) is 5.82 Å². The topological polar surface area (TPSA) is 58.0 Å². The summed E-state index contributed by atoms with van der Waals surface area (Å²) >= 11 is 0. The number of hydrogen-bond acceptors (Lipinski definition) is 6. The Hall–Kier alpha value is -2.25. The third-order valence-electron chi connectivity index (χ3n) is 5.37. The minimum absolute atomic E-state index is 0.264. The number of ether oxygens (including phenoxy) is 4. The van der Waals surface area contributed by atoms with Gasteiger partial charge in [-0.1, -0.05) is 6.07 Å². The van der Waals surface area contributed by atoms with Crippen LogP contribution in [0.2, 0.25) is 0 Å². The van der Waals surface area contributed by atoms with Crippen molar-refractivity contribution in [1.82, 2.24) is 14.5 Å². The van der Waals surface area contributed by atoms with Gasteiger partial charge >= 0.3 is 0 Å². The first-order valence-corrected chi connectivity index (χ1v) is 9.66. The van der Waals surface area contributed by atoms with Gasteiger partial charge in [0.2, 0.25) is 5.75 Å². The van der Waals surface area contributed by atoms with Crippen LogP contribution in [-0.2, 0) is 24.9 Å². The molecule has 154 valence electrons. The van der Waals surface area contributed by atoms with E-state index < -0.39 is 0 Å². The van der Waals surface area contributed by atoms with Crippen LogP contribution in [0.1, 0.15) is 29.9 Å². The number of methoxy groups -OCH3 is 3. The lowest BCUT2D eigenvalue weighted by Crippen LogP contribution is -2.32. The van der Waals surface area contributed by atoms with Gasteiger partial charge < -0.3 is 23.5 Å². The SMILES string of the molecule is COc1ccc(CN(Cc2cnc(C)n2C)CC2CCCO2)c(OC)c1OC. The van der Waals surface area contributed by atoms with E-state index in [0.717, 1.165) is 43.9 Å². The third-order valence-corrected chi connectivity index (χ3v) is 5.37. The molecule has 0 spiro atoms. The van der Waals surface area contributed by atoms with Gasteiger partial charge in [-0.25, -0.2) is 4.98 Å². The van der Waals surface area contributed by atoms with Gasteiger partial charge in [0, 0.05) is 45.0 Å². The molecule has 1 aromatic heterocycles. The Bertz CT molecular complexity index is 784. The van der Waals surface area contributed by atoms with E-state index in [4.69, 9.17) is 18.9 Å². The van der Waals surface area contributed by atoms with Crippen molar-refractivity contribution in [3.63, 3.8) is 0 Å². The minimum Gasteiger partial charge on any atom is -0.493 e. The van der Waals surface area contributed by atoms with E-state index in [9.17, 15) is 0 Å². The fourth-order valence-electron chi connectivity index (χ4n) is 3.71. The molecule has 28 heavy (non-hydrogen) atoms. The van der Waals surface area contributed by atoms with Crippen LogP contribution in [-0.4, -0.2) is 55.0 Å². The summed E-state index contributed by atoms with van der Waals surface area (Å²) in [5.74, 6) is 3.00. The molecule has 1 aliphatic rings. The first kappa shape index (κ1) is 20.5. The molecule has 1 aromatic carbocycles. The van der Waals surface area contributed by atoms with Crippen molar-refractivity contribution in [3.8, 4) is 17.2 Å². The van der Waals surface area contributed by atoms with Crippen molar-refractivity contribution < 1.29 is 18.9 Å². The molecule has 0 amide bonds. The van der Waals surface area contributed by atoms with E-state index in [0.29, 0.717) is 23.8 Å². The van der Waals surface area contributed by atoms with Crippen LogP contribution in [0.4, 0.5) is 0 Å². The number of rotatable bonds is 9. The molecule has 0 radical (unpaired) electrons. The Morgan fingerprint density at radius 2 is 1.93 bits per heavy atom. The Labute approximate surface area is 167 Å². The van der Waals surface area contributed by atoms with E-state index in [1.54, 1.807) is 21.3 Å². The van der Waals surface area contributed by atoms with Crippen LogP contribution < -0.4 is 14.2 Å². The van der Waals surface area contributed by atoms with E-state index in [-0.39, 0.29) is 6.10 Å². The van der Waals surface area contributed by atoms with Gasteiger partial charge in [0.25, 0.3) is 0 Å². The molecular formula is C21H31N3O4. The zero-order valence-electron chi connectivity index (χ0n) is 17.5. The molecule has 2 aromatic rings. The fourth-order valence-corrected chi connectivity index (χ4v) is 3.71. The predicted molar refractivity (Wildman–Crippen MR) is 107 cm³/mol. The van der Waals surface area contributed by atoms with Gasteiger partial charge in [-0.2, -0.15) is 0 Å². The monoisotopic (exact) mass is 389 g/mol. The largest absolute Gasteiger partial charge is 0.493 e. The number of imidazole rings is 1. The fraction of sp³-hybridized carbons (Fsp3) is 0.571. The van der Waals surface area contributed by atoms with Crippen LogP contribution in [0.25, 0.3) is 0 Å². The quantitative estimate of drug-likeness (QED) is 0.657. The average molecular weight is 389 g/mol. The molecule has 0 aliphatic carbocycles. The smallest absolute Gasteiger partial charge is 0.203 e. The van der Waals surface area contributed by atoms with E-state index in [2.05, 4.69) is 21.5 Å². The maximum atomic E-state index is 5.89. The van der Waals surface area contributed by atoms with Gasteiger partial charge in [0.05, 0.1) is 33.1 Å². The molecule has 7 heteroatoms. The second kappa shape index (κ2) is 9.30. The zero-order chi connectivity index (χ0) is 20.1. The molecule has 0 saturated carbocycles. The number of aryl methyl sites for hydroxylation is 1. The summed E-state index contributed by atoms with van der Waals surface area (Å²) in [7, 11) is 6.98. The van der Waals surface area contributed by atoms with Gasteiger partial charge in [-0.05, 0) is 25.8 Å². The Balaban J connectivity index is 1.86. The highest BCUT2D eigenvalue weighted by atomic mass is 16.5. The summed E-state index contributed by atoms with van der Waals surface area (Å²) in [4.78, 5) is 6.82. The number of aromatic nitrogens is 2. The van der Waals surface area contributed by atoms with Gasteiger partial charge in [-0.3, -0.25) is 4.90 Å². The number of benzene rings is 1. The normalized spacial score (nSPS) is 16.6. The standard InChI is InChI=1S/C21H31N3O4/c1-15-22-11-17(23(15)2)13-24(14-18-7-6-10-28-18)12-16-8-9-19(25-3)21(27-5)20(16)26-4/h8-9,11,18H,6-7,10,12-14H2,1-5H3. The van der Waals surface area contributed by atoms with Crippen molar-refractivity contribution in [2.45, 2.75) is 39.0 Å². The molecule has 1 saturated heterocycles. The van der Waals surface area contributed by atoms with Crippen LogP contribution in [0.3, 0.4) is 0 Å². The maximum Gasteiger partial charge on any atom is 0.203 e. The lowest BCUT2D eigenvalue weighted by atomic mass is 10.1. The summed E-state index contributed by atoms with van der Waals surface area (Å²) in [6.07, 6.45) is 4.44. The molecule has 1 fully saturated rings. The van der Waals surface area contributed by atoms with Crippen molar-refractivity contribution in [2.24, 2.45) is 7.05 Å². The van der Waals surface area contributed by atoms with E-state index in [1.165, 1.54) is 5.69 Å². The van der Waals surface area contributed by atoms with Crippen LogP contribution >= 0.6 is 0 Å². The summed E-state index contributed by atoms with van der Waals surface area (Å²) in [5.41, 5.74) is 2.23. The average Bonchev–Trinajstić information content (AvgIpc) is 3.32. The van der Waals surface area contributed by atoms with Crippen molar-refractivity contribution >= 4 is 0 Å². The second-order valence-electron chi connectivity index (χ2n) is 7.15. The highest BCUT2D eigenvalue weighted by Gasteiger charge is 2.23. The summed E-state index contributed by atoms with van der Waals surface area (Å²) in [6.45, 7) is 5.23. The molecular weight excluding hydrogens is 358 g/mol. The lowest BCUT2D eigenvalue weighted by Gasteiger charge is -2.26. The van der Waals surface area contributed by atoms with Gasteiger partial charge in [-0.15, -0.1) is 0 Å². The van der Waals surface area contributed by atoms with Gasteiger partial charge in [0.15, 0.2) is 11.5 Å².